The van der Waals surface area contributed by atoms with Crippen molar-refractivity contribution in [3.63, 3.8) is 0 Å². The fourth-order valence-corrected chi connectivity index (χ4v) is 1.58. The van der Waals surface area contributed by atoms with E-state index in [-0.39, 0.29) is 25.5 Å². The highest BCUT2D eigenvalue weighted by Gasteiger charge is 2.24. The zero-order valence-corrected chi connectivity index (χ0v) is 11.5. The van der Waals surface area contributed by atoms with Crippen LogP contribution in [0, 0.1) is 0 Å². The highest BCUT2D eigenvalue weighted by atomic mass is 35.5. The molecule has 0 aromatic heterocycles. The van der Waals surface area contributed by atoms with E-state index >= 15 is 0 Å². The quantitative estimate of drug-likeness (QED) is 0.576. The van der Waals surface area contributed by atoms with Crippen LogP contribution >= 0.6 is 12.4 Å². The SMILES string of the molecule is Cl.NC(=O)C(O)C(N)CN(Cc1ccccc1)C(=O)O. The third kappa shape index (κ3) is 5.43. The van der Waals surface area contributed by atoms with Crippen LogP contribution in [0.2, 0.25) is 0 Å². The second-order valence-electron chi connectivity index (χ2n) is 4.16. The van der Waals surface area contributed by atoms with Crippen LogP contribution in [0.25, 0.3) is 0 Å². The van der Waals surface area contributed by atoms with Gasteiger partial charge in [0.15, 0.2) is 0 Å². The van der Waals surface area contributed by atoms with Crippen molar-refractivity contribution in [2.24, 2.45) is 11.5 Å². The molecule has 112 valence electrons. The van der Waals surface area contributed by atoms with Gasteiger partial charge in [-0.3, -0.25) is 4.79 Å². The van der Waals surface area contributed by atoms with E-state index in [0.29, 0.717) is 0 Å². The van der Waals surface area contributed by atoms with E-state index in [1.54, 1.807) is 24.3 Å². The molecule has 0 bridgehead atoms. The van der Waals surface area contributed by atoms with E-state index in [1.807, 2.05) is 6.07 Å². The van der Waals surface area contributed by atoms with Crippen LogP contribution in [0.5, 0.6) is 0 Å². The van der Waals surface area contributed by atoms with Gasteiger partial charge in [0.05, 0.1) is 6.04 Å². The molecule has 7 nitrogen and oxygen atoms in total. The van der Waals surface area contributed by atoms with Crippen molar-refractivity contribution in [2.45, 2.75) is 18.7 Å². The van der Waals surface area contributed by atoms with Crippen molar-refractivity contribution in [3.05, 3.63) is 35.9 Å². The van der Waals surface area contributed by atoms with E-state index in [4.69, 9.17) is 16.6 Å². The predicted octanol–water partition coefficient (Wildman–Crippen LogP) is -0.238. The van der Waals surface area contributed by atoms with Crippen LogP contribution in [0.4, 0.5) is 4.79 Å². The molecule has 0 saturated carbocycles. The fourth-order valence-electron chi connectivity index (χ4n) is 1.58. The third-order valence-corrected chi connectivity index (χ3v) is 2.62. The summed E-state index contributed by atoms with van der Waals surface area (Å²) in [5.41, 5.74) is 11.2. The average molecular weight is 304 g/mol. The number of nitrogens with zero attached hydrogens (tertiary/aromatic N) is 1. The number of hydrogen-bond donors (Lipinski definition) is 4. The first kappa shape index (κ1) is 18.2. The number of aliphatic hydroxyl groups is 1. The average Bonchev–Trinajstić information content (AvgIpc) is 2.37. The van der Waals surface area contributed by atoms with Gasteiger partial charge in [-0.2, -0.15) is 0 Å². The minimum absolute atomic E-state index is 0. The maximum atomic E-state index is 11.1. The summed E-state index contributed by atoms with van der Waals surface area (Å²) in [6.07, 6.45) is -2.76. The van der Waals surface area contributed by atoms with Gasteiger partial charge in [0.2, 0.25) is 5.91 Å². The van der Waals surface area contributed by atoms with E-state index < -0.39 is 24.1 Å². The van der Waals surface area contributed by atoms with Gasteiger partial charge in [0.1, 0.15) is 6.10 Å². The number of carboxylic acid groups (broad SMARTS) is 1. The van der Waals surface area contributed by atoms with Crippen molar-refractivity contribution >= 4 is 24.4 Å². The summed E-state index contributed by atoms with van der Waals surface area (Å²) in [7, 11) is 0. The molecule has 0 aliphatic heterocycles. The number of amides is 2. The zero-order valence-electron chi connectivity index (χ0n) is 10.7. The summed E-state index contributed by atoms with van der Waals surface area (Å²) >= 11 is 0. The Kier molecular flexibility index (Phi) is 7.60. The molecule has 2 unspecified atom stereocenters. The molecular formula is C12H18ClN3O4. The lowest BCUT2D eigenvalue weighted by Crippen LogP contribution is -2.51. The lowest BCUT2D eigenvalue weighted by Gasteiger charge is -2.24. The Bertz CT molecular complexity index is 444. The minimum Gasteiger partial charge on any atom is -0.465 e. The van der Waals surface area contributed by atoms with Crippen LogP contribution in [-0.2, 0) is 11.3 Å². The maximum absolute atomic E-state index is 11.1. The third-order valence-electron chi connectivity index (χ3n) is 2.62. The Balaban J connectivity index is 0.00000361. The largest absolute Gasteiger partial charge is 0.465 e. The van der Waals surface area contributed by atoms with Gasteiger partial charge in [-0.1, -0.05) is 30.3 Å². The molecule has 1 aromatic carbocycles. The number of hydrogen-bond acceptors (Lipinski definition) is 4. The zero-order chi connectivity index (χ0) is 14.4. The summed E-state index contributed by atoms with van der Waals surface area (Å²) in [5, 5.41) is 18.4. The topological polar surface area (TPSA) is 130 Å². The Labute approximate surface area is 122 Å². The molecule has 2 amide bonds. The molecule has 20 heavy (non-hydrogen) atoms. The van der Waals surface area contributed by atoms with Crippen LogP contribution in [0.15, 0.2) is 30.3 Å². The molecule has 0 fully saturated rings. The first-order chi connectivity index (χ1) is 8.91. The first-order valence-corrected chi connectivity index (χ1v) is 5.66. The molecule has 0 aliphatic carbocycles. The van der Waals surface area contributed by atoms with Crippen LogP contribution < -0.4 is 11.5 Å². The Hall–Kier alpha value is -1.83. The highest BCUT2D eigenvalue weighted by molar-refractivity contribution is 5.85. The van der Waals surface area contributed by atoms with Gasteiger partial charge in [-0.25, -0.2) is 4.79 Å². The monoisotopic (exact) mass is 303 g/mol. The van der Waals surface area contributed by atoms with Gasteiger partial charge in [-0.15, -0.1) is 12.4 Å². The Morgan fingerprint density at radius 2 is 1.80 bits per heavy atom. The first-order valence-electron chi connectivity index (χ1n) is 5.66. The van der Waals surface area contributed by atoms with E-state index in [0.717, 1.165) is 10.5 Å². The molecule has 2 atom stereocenters. The van der Waals surface area contributed by atoms with Crippen molar-refractivity contribution in [1.29, 1.82) is 0 Å². The number of aliphatic hydroxyl groups excluding tert-OH is 1. The summed E-state index contributed by atoms with van der Waals surface area (Å²) in [6.45, 7) is -0.0658. The lowest BCUT2D eigenvalue weighted by atomic mass is 10.1. The van der Waals surface area contributed by atoms with Crippen LogP contribution in [-0.4, -0.2) is 45.8 Å². The van der Waals surface area contributed by atoms with E-state index in [1.165, 1.54) is 0 Å². The number of carbonyl (C=O) groups is 2. The number of primary amides is 1. The predicted molar refractivity (Wildman–Crippen MR) is 75.3 cm³/mol. The molecule has 0 aliphatic rings. The molecule has 0 radical (unpaired) electrons. The molecule has 0 heterocycles. The maximum Gasteiger partial charge on any atom is 0.407 e. The van der Waals surface area contributed by atoms with E-state index in [2.05, 4.69) is 0 Å². The van der Waals surface area contributed by atoms with E-state index in [9.17, 15) is 14.7 Å². The number of benzene rings is 1. The highest BCUT2D eigenvalue weighted by Crippen LogP contribution is 2.06. The van der Waals surface area contributed by atoms with Gasteiger partial charge in [0.25, 0.3) is 0 Å². The molecule has 6 N–H and O–H groups in total. The van der Waals surface area contributed by atoms with Gasteiger partial charge in [0, 0.05) is 13.1 Å². The fraction of sp³-hybridized carbons (Fsp3) is 0.333. The van der Waals surface area contributed by atoms with Gasteiger partial charge in [-0.05, 0) is 5.56 Å². The van der Waals surface area contributed by atoms with Crippen molar-refractivity contribution in [1.82, 2.24) is 4.90 Å². The van der Waals surface area contributed by atoms with Crippen molar-refractivity contribution < 1.29 is 19.8 Å². The number of carbonyl (C=O) groups excluding carboxylic acids is 1. The summed E-state index contributed by atoms with van der Waals surface area (Å²) in [5.74, 6) is -0.974. The second kappa shape index (κ2) is 8.36. The second-order valence-corrected chi connectivity index (χ2v) is 4.16. The lowest BCUT2D eigenvalue weighted by molar-refractivity contribution is -0.127. The normalized spacial score (nSPS) is 12.9. The molecule has 8 heteroatoms. The Morgan fingerprint density at radius 1 is 1.25 bits per heavy atom. The molecular weight excluding hydrogens is 286 g/mol. The van der Waals surface area contributed by atoms with Gasteiger partial charge >= 0.3 is 6.09 Å². The standard InChI is InChI=1S/C12H17N3O4.ClH/c13-9(10(16)11(14)17)7-15(12(18)19)6-8-4-2-1-3-5-8;/h1-5,9-10,16H,6-7,13H2,(H2,14,17)(H,18,19);1H. The summed E-state index contributed by atoms with van der Waals surface area (Å²) in [6, 6.07) is 7.87. The molecule has 1 aromatic rings. The summed E-state index contributed by atoms with van der Waals surface area (Å²) in [4.78, 5) is 22.9. The number of nitrogens with two attached hydrogens (primary N) is 2. The van der Waals surface area contributed by atoms with Crippen molar-refractivity contribution in [3.8, 4) is 0 Å². The summed E-state index contributed by atoms with van der Waals surface area (Å²) < 4.78 is 0. The van der Waals surface area contributed by atoms with Crippen LogP contribution in [0.3, 0.4) is 0 Å². The molecule has 0 saturated heterocycles. The van der Waals surface area contributed by atoms with Gasteiger partial charge < -0.3 is 26.6 Å². The molecule has 0 spiro atoms. The number of rotatable bonds is 6. The Morgan fingerprint density at radius 3 is 2.25 bits per heavy atom. The molecule has 1 rings (SSSR count). The smallest absolute Gasteiger partial charge is 0.407 e. The number of halogens is 1. The van der Waals surface area contributed by atoms with Crippen molar-refractivity contribution in [2.75, 3.05) is 6.54 Å². The van der Waals surface area contributed by atoms with Crippen LogP contribution in [0.1, 0.15) is 5.56 Å². The minimum atomic E-state index is -1.57.